The van der Waals surface area contributed by atoms with E-state index in [4.69, 9.17) is 4.74 Å². The standard InChI is InChI=1S/C17H20BrNO3S/c1-13(8-9-14-6-4-3-5-7-14)19-23(20,21)15-10-11-17(22-2)16(18)12-15/h3-7,10-13,19H,8-9H2,1-2H3/t13-/m0/s1. The van der Waals surface area contributed by atoms with Gasteiger partial charge in [0, 0.05) is 6.04 Å². The van der Waals surface area contributed by atoms with Gasteiger partial charge in [0.05, 0.1) is 16.5 Å². The summed E-state index contributed by atoms with van der Waals surface area (Å²) in [6, 6.07) is 14.6. The van der Waals surface area contributed by atoms with Crippen molar-refractivity contribution in [2.45, 2.75) is 30.7 Å². The molecule has 6 heteroatoms. The monoisotopic (exact) mass is 397 g/mol. The molecular formula is C17H20BrNO3S. The van der Waals surface area contributed by atoms with E-state index in [2.05, 4.69) is 20.7 Å². The van der Waals surface area contributed by atoms with Gasteiger partial charge in [-0.05, 0) is 59.5 Å². The molecule has 0 unspecified atom stereocenters. The smallest absolute Gasteiger partial charge is 0.240 e. The molecule has 0 aliphatic carbocycles. The summed E-state index contributed by atoms with van der Waals surface area (Å²) in [5, 5.41) is 0. The van der Waals surface area contributed by atoms with E-state index in [1.54, 1.807) is 12.1 Å². The Morgan fingerprint density at radius 1 is 1.17 bits per heavy atom. The Hall–Kier alpha value is -1.37. The summed E-state index contributed by atoms with van der Waals surface area (Å²) >= 11 is 3.31. The van der Waals surface area contributed by atoms with E-state index in [1.807, 2.05) is 37.3 Å². The molecule has 0 aliphatic rings. The van der Waals surface area contributed by atoms with E-state index in [0.717, 1.165) is 12.8 Å². The van der Waals surface area contributed by atoms with Gasteiger partial charge in [-0.25, -0.2) is 13.1 Å². The van der Waals surface area contributed by atoms with E-state index < -0.39 is 10.0 Å². The quantitative estimate of drug-likeness (QED) is 0.773. The van der Waals surface area contributed by atoms with Gasteiger partial charge in [0.1, 0.15) is 5.75 Å². The van der Waals surface area contributed by atoms with Crippen LogP contribution in [0.5, 0.6) is 5.75 Å². The zero-order chi connectivity index (χ0) is 16.9. The molecule has 2 rings (SSSR count). The molecule has 0 saturated carbocycles. The molecule has 0 radical (unpaired) electrons. The van der Waals surface area contributed by atoms with Crippen LogP contribution < -0.4 is 9.46 Å². The largest absolute Gasteiger partial charge is 0.496 e. The molecule has 1 atom stereocenters. The summed E-state index contributed by atoms with van der Waals surface area (Å²) in [6.07, 6.45) is 1.57. The van der Waals surface area contributed by atoms with Crippen LogP contribution >= 0.6 is 15.9 Å². The van der Waals surface area contributed by atoms with Crippen molar-refractivity contribution in [3.63, 3.8) is 0 Å². The Morgan fingerprint density at radius 3 is 2.48 bits per heavy atom. The fraction of sp³-hybridized carbons (Fsp3) is 0.294. The highest BCUT2D eigenvalue weighted by molar-refractivity contribution is 9.10. The van der Waals surface area contributed by atoms with E-state index in [9.17, 15) is 8.42 Å². The lowest BCUT2D eigenvalue weighted by atomic mass is 10.1. The minimum Gasteiger partial charge on any atom is -0.496 e. The average molecular weight is 398 g/mol. The number of benzene rings is 2. The number of methoxy groups -OCH3 is 1. The number of hydrogen-bond acceptors (Lipinski definition) is 3. The van der Waals surface area contributed by atoms with Gasteiger partial charge in [-0.15, -0.1) is 0 Å². The van der Waals surface area contributed by atoms with Crippen molar-refractivity contribution in [2.75, 3.05) is 7.11 Å². The van der Waals surface area contributed by atoms with Gasteiger partial charge in [-0.3, -0.25) is 0 Å². The molecule has 0 amide bonds. The summed E-state index contributed by atoms with van der Waals surface area (Å²) in [6.45, 7) is 1.87. The van der Waals surface area contributed by atoms with Crippen molar-refractivity contribution in [3.8, 4) is 5.75 Å². The van der Waals surface area contributed by atoms with E-state index in [1.165, 1.54) is 18.7 Å². The third kappa shape index (κ3) is 5.06. The van der Waals surface area contributed by atoms with Crippen LogP contribution in [0.3, 0.4) is 0 Å². The van der Waals surface area contributed by atoms with Gasteiger partial charge in [-0.1, -0.05) is 30.3 Å². The van der Waals surface area contributed by atoms with Crippen molar-refractivity contribution in [3.05, 3.63) is 58.6 Å². The summed E-state index contributed by atoms with van der Waals surface area (Å²) < 4.78 is 33.3. The first-order chi connectivity index (χ1) is 10.9. The molecule has 0 saturated heterocycles. The maximum atomic E-state index is 12.4. The van der Waals surface area contributed by atoms with Gasteiger partial charge in [0.25, 0.3) is 0 Å². The Bertz CT molecular complexity index is 748. The van der Waals surface area contributed by atoms with Crippen LogP contribution in [0.15, 0.2) is 57.9 Å². The van der Waals surface area contributed by atoms with Crippen molar-refractivity contribution in [1.29, 1.82) is 0 Å². The second-order valence-electron chi connectivity index (χ2n) is 5.34. The average Bonchev–Trinajstić information content (AvgIpc) is 2.53. The molecule has 2 aromatic carbocycles. The zero-order valence-corrected chi connectivity index (χ0v) is 15.5. The van der Waals surface area contributed by atoms with Crippen LogP contribution in [0.1, 0.15) is 18.9 Å². The van der Waals surface area contributed by atoms with Crippen LogP contribution in [-0.2, 0) is 16.4 Å². The first-order valence-electron chi connectivity index (χ1n) is 7.32. The molecule has 0 aliphatic heterocycles. The maximum absolute atomic E-state index is 12.4. The molecule has 0 heterocycles. The molecule has 1 N–H and O–H groups in total. The van der Waals surface area contributed by atoms with Crippen LogP contribution in [0.4, 0.5) is 0 Å². The molecule has 0 bridgehead atoms. The molecular weight excluding hydrogens is 378 g/mol. The second kappa shape index (κ2) is 7.95. The Balaban J connectivity index is 2.01. The van der Waals surface area contributed by atoms with Gasteiger partial charge >= 0.3 is 0 Å². The van der Waals surface area contributed by atoms with Crippen LogP contribution in [0.25, 0.3) is 0 Å². The van der Waals surface area contributed by atoms with Crippen molar-refractivity contribution >= 4 is 26.0 Å². The van der Waals surface area contributed by atoms with Crippen LogP contribution in [-0.4, -0.2) is 21.6 Å². The topological polar surface area (TPSA) is 55.4 Å². The predicted molar refractivity (Wildman–Crippen MR) is 95.2 cm³/mol. The SMILES string of the molecule is COc1ccc(S(=O)(=O)N[C@@H](C)CCc2ccccc2)cc1Br. The molecule has 0 fully saturated rings. The van der Waals surface area contributed by atoms with Crippen molar-refractivity contribution in [2.24, 2.45) is 0 Å². The highest BCUT2D eigenvalue weighted by Gasteiger charge is 2.18. The third-order valence-corrected chi connectivity index (χ3v) is 5.71. The van der Waals surface area contributed by atoms with Gasteiger partial charge in [-0.2, -0.15) is 0 Å². The first-order valence-corrected chi connectivity index (χ1v) is 9.60. The van der Waals surface area contributed by atoms with Crippen molar-refractivity contribution < 1.29 is 13.2 Å². The number of nitrogens with one attached hydrogen (secondary N) is 1. The van der Waals surface area contributed by atoms with E-state index in [-0.39, 0.29) is 10.9 Å². The summed E-state index contributed by atoms with van der Waals surface area (Å²) in [4.78, 5) is 0.219. The van der Waals surface area contributed by atoms with Gasteiger partial charge < -0.3 is 4.74 Å². The lowest BCUT2D eigenvalue weighted by Crippen LogP contribution is -2.33. The highest BCUT2D eigenvalue weighted by Crippen LogP contribution is 2.27. The van der Waals surface area contributed by atoms with E-state index in [0.29, 0.717) is 10.2 Å². The number of rotatable bonds is 7. The van der Waals surface area contributed by atoms with Crippen LogP contribution in [0.2, 0.25) is 0 Å². The number of halogens is 1. The minimum absolute atomic E-state index is 0.152. The zero-order valence-electron chi connectivity index (χ0n) is 13.1. The molecule has 0 aromatic heterocycles. The molecule has 23 heavy (non-hydrogen) atoms. The summed E-state index contributed by atoms with van der Waals surface area (Å²) in [5.41, 5.74) is 1.20. The predicted octanol–water partition coefficient (Wildman–Crippen LogP) is 3.76. The lowest BCUT2D eigenvalue weighted by molar-refractivity contribution is 0.411. The fourth-order valence-corrected chi connectivity index (χ4v) is 4.23. The maximum Gasteiger partial charge on any atom is 0.240 e. The number of sulfonamides is 1. The Labute approximate surface area is 146 Å². The number of ether oxygens (including phenoxy) is 1. The van der Waals surface area contributed by atoms with E-state index >= 15 is 0 Å². The highest BCUT2D eigenvalue weighted by atomic mass is 79.9. The Morgan fingerprint density at radius 2 is 1.87 bits per heavy atom. The third-order valence-electron chi connectivity index (χ3n) is 3.50. The molecule has 0 spiro atoms. The number of hydrogen-bond donors (Lipinski definition) is 1. The normalized spacial score (nSPS) is 12.8. The first kappa shape index (κ1) is 18.0. The van der Waals surface area contributed by atoms with Gasteiger partial charge in [0.15, 0.2) is 0 Å². The molecule has 124 valence electrons. The fourth-order valence-electron chi connectivity index (χ4n) is 2.23. The molecule has 2 aromatic rings. The molecule has 4 nitrogen and oxygen atoms in total. The second-order valence-corrected chi connectivity index (χ2v) is 7.91. The van der Waals surface area contributed by atoms with Crippen molar-refractivity contribution in [1.82, 2.24) is 4.72 Å². The number of aryl methyl sites for hydroxylation is 1. The summed E-state index contributed by atoms with van der Waals surface area (Å²) in [5.74, 6) is 0.598. The minimum atomic E-state index is -3.55. The van der Waals surface area contributed by atoms with Crippen LogP contribution in [0, 0.1) is 0 Å². The summed E-state index contributed by atoms with van der Waals surface area (Å²) in [7, 11) is -2.01. The Kier molecular flexibility index (Phi) is 6.21. The van der Waals surface area contributed by atoms with Gasteiger partial charge in [0.2, 0.25) is 10.0 Å². The lowest BCUT2D eigenvalue weighted by Gasteiger charge is -2.15.